The molecule has 0 aliphatic heterocycles. The average Bonchev–Trinajstić information content (AvgIpc) is 3.27. The van der Waals surface area contributed by atoms with Crippen LogP contribution < -0.4 is 0 Å². The van der Waals surface area contributed by atoms with Crippen LogP contribution in [0, 0.1) is 27.7 Å². The molecule has 58 heavy (non-hydrogen) atoms. The van der Waals surface area contributed by atoms with Crippen molar-refractivity contribution in [1.29, 1.82) is 0 Å². The summed E-state index contributed by atoms with van der Waals surface area (Å²) in [5.74, 6) is 0. The van der Waals surface area contributed by atoms with Crippen molar-refractivity contribution in [2.75, 3.05) is 0 Å². The lowest BCUT2D eigenvalue weighted by Crippen LogP contribution is -1.97. The summed E-state index contributed by atoms with van der Waals surface area (Å²) in [5, 5.41) is 7.58. The Balaban J connectivity index is 1.38. The monoisotopic (exact) mass is 740 g/mol. The Morgan fingerprint density at radius 1 is 0.224 bits per heavy atom. The fraction of sp³-hybridized carbons (Fsp3) is 0.0690. The first-order chi connectivity index (χ1) is 28.4. The highest BCUT2D eigenvalue weighted by atomic mass is 14.3. The van der Waals surface area contributed by atoms with Crippen LogP contribution in [0.5, 0.6) is 0 Å². The van der Waals surface area contributed by atoms with Crippen LogP contribution in [0.15, 0.2) is 194 Å². The van der Waals surface area contributed by atoms with Crippen LogP contribution in [-0.2, 0) is 0 Å². The number of hydrogen-bond donors (Lipinski definition) is 0. The molecule has 0 aliphatic rings. The van der Waals surface area contributed by atoms with Gasteiger partial charge in [0.1, 0.15) is 0 Å². The van der Waals surface area contributed by atoms with Gasteiger partial charge in [-0.25, -0.2) is 0 Å². The summed E-state index contributed by atoms with van der Waals surface area (Å²) >= 11 is 0. The van der Waals surface area contributed by atoms with E-state index >= 15 is 0 Å². The fourth-order valence-electron chi connectivity index (χ4n) is 8.95. The third kappa shape index (κ3) is 6.19. The minimum Gasteiger partial charge on any atom is -0.0622 e. The zero-order valence-electron chi connectivity index (χ0n) is 33.5. The van der Waals surface area contributed by atoms with Gasteiger partial charge in [0.25, 0.3) is 0 Å². The van der Waals surface area contributed by atoms with Crippen LogP contribution in [0.25, 0.3) is 99.1 Å². The smallest absolute Gasteiger partial charge is 0.00198 e. The van der Waals surface area contributed by atoms with Gasteiger partial charge < -0.3 is 0 Å². The summed E-state index contributed by atoms with van der Waals surface area (Å²) < 4.78 is 0. The van der Waals surface area contributed by atoms with Gasteiger partial charge in [-0.3, -0.25) is 0 Å². The molecule has 0 fully saturated rings. The molecule has 0 radical (unpaired) electrons. The maximum Gasteiger partial charge on any atom is -0.00198 e. The van der Waals surface area contributed by atoms with Crippen molar-refractivity contribution in [3.8, 4) is 66.8 Å². The van der Waals surface area contributed by atoms with Crippen molar-refractivity contribution in [3.05, 3.63) is 216 Å². The molecule has 10 rings (SSSR count). The highest BCUT2D eigenvalue weighted by Gasteiger charge is 2.23. The van der Waals surface area contributed by atoms with Crippen molar-refractivity contribution in [1.82, 2.24) is 0 Å². The molecule has 276 valence electrons. The Hall–Kier alpha value is -7.02. The minimum absolute atomic E-state index is 1.21. The molecule has 0 heteroatoms. The summed E-state index contributed by atoms with van der Waals surface area (Å²) in [7, 11) is 0. The van der Waals surface area contributed by atoms with E-state index in [1.165, 1.54) is 121 Å². The molecule has 0 N–H and O–H groups in total. The predicted octanol–water partition coefficient (Wildman–Crippen LogP) is 16.4. The van der Waals surface area contributed by atoms with Crippen LogP contribution in [-0.4, -0.2) is 0 Å². The first-order valence-corrected chi connectivity index (χ1v) is 20.3. The molecule has 10 aromatic carbocycles. The maximum atomic E-state index is 2.48. The van der Waals surface area contributed by atoms with Gasteiger partial charge in [-0.05, 0) is 173 Å². The van der Waals surface area contributed by atoms with E-state index < -0.39 is 0 Å². The molecule has 0 saturated carbocycles. The van der Waals surface area contributed by atoms with E-state index in [-0.39, 0.29) is 0 Å². The molecular formula is C58H44. The Bertz CT molecular complexity index is 2940. The van der Waals surface area contributed by atoms with Gasteiger partial charge >= 0.3 is 0 Å². The number of rotatable bonds is 6. The predicted molar refractivity (Wildman–Crippen MR) is 251 cm³/mol. The fourth-order valence-corrected chi connectivity index (χ4v) is 8.95. The molecule has 10 aromatic rings. The van der Waals surface area contributed by atoms with E-state index in [0.717, 1.165) is 0 Å². The maximum absolute atomic E-state index is 2.48. The highest BCUT2D eigenvalue weighted by Crippen LogP contribution is 2.50. The first-order valence-electron chi connectivity index (χ1n) is 20.3. The van der Waals surface area contributed by atoms with Crippen molar-refractivity contribution in [2.24, 2.45) is 0 Å². The lowest BCUT2D eigenvalue weighted by Gasteiger charge is -2.23. The third-order valence-electron chi connectivity index (χ3n) is 12.3. The summed E-state index contributed by atoms with van der Waals surface area (Å²) in [5.41, 5.74) is 19.9. The van der Waals surface area contributed by atoms with Gasteiger partial charge in [0.15, 0.2) is 0 Å². The lowest BCUT2D eigenvalue weighted by molar-refractivity contribution is 1.36. The number of hydrogen-bond acceptors (Lipinski definition) is 0. The van der Waals surface area contributed by atoms with Crippen LogP contribution in [0.4, 0.5) is 0 Å². The molecule has 0 spiro atoms. The first kappa shape index (κ1) is 35.4. The SMILES string of the molecule is Cc1cc2cc3c(-c4ccc(-c5ccccc5)cc4-c4ccccc4)c4cc(C)c(C)cc4c(-c4ccc(-c5ccccc5)cc4-c4ccccc4)c3cc2cc1C. The normalized spacial score (nSPS) is 11.4. The second-order valence-electron chi connectivity index (χ2n) is 15.9. The van der Waals surface area contributed by atoms with Crippen molar-refractivity contribution < 1.29 is 0 Å². The van der Waals surface area contributed by atoms with E-state index in [1.54, 1.807) is 0 Å². The molecule has 0 unspecified atom stereocenters. The Morgan fingerprint density at radius 3 is 0.897 bits per heavy atom. The van der Waals surface area contributed by atoms with E-state index in [0.29, 0.717) is 0 Å². The number of benzene rings is 10. The van der Waals surface area contributed by atoms with Gasteiger partial charge in [-0.15, -0.1) is 0 Å². The number of aryl methyl sites for hydroxylation is 4. The molecule has 0 heterocycles. The van der Waals surface area contributed by atoms with Crippen LogP contribution >= 0.6 is 0 Å². The molecule has 0 saturated heterocycles. The van der Waals surface area contributed by atoms with Crippen molar-refractivity contribution in [2.45, 2.75) is 27.7 Å². The van der Waals surface area contributed by atoms with E-state index in [9.17, 15) is 0 Å². The zero-order chi connectivity index (χ0) is 39.3. The van der Waals surface area contributed by atoms with Crippen molar-refractivity contribution >= 4 is 32.3 Å². The van der Waals surface area contributed by atoms with Crippen LogP contribution in [0.3, 0.4) is 0 Å². The Labute approximate surface area is 341 Å². The Kier molecular flexibility index (Phi) is 8.84. The second-order valence-corrected chi connectivity index (χ2v) is 15.9. The zero-order valence-corrected chi connectivity index (χ0v) is 33.5. The molecule has 0 atom stereocenters. The summed E-state index contributed by atoms with van der Waals surface area (Å²) in [6.45, 7) is 8.98. The van der Waals surface area contributed by atoms with E-state index in [1.807, 2.05) is 0 Å². The topological polar surface area (TPSA) is 0 Å². The largest absolute Gasteiger partial charge is 0.0622 e. The molecule has 0 amide bonds. The summed E-state index contributed by atoms with van der Waals surface area (Å²) in [6.07, 6.45) is 0. The summed E-state index contributed by atoms with van der Waals surface area (Å²) in [6, 6.07) is 72.2. The van der Waals surface area contributed by atoms with E-state index in [4.69, 9.17) is 0 Å². The Morgan fingerprint density at radius 2 is 0.534 bits per heavy atom. The molecule has 0 nitrogen and oxygen atoms in total. The van der Waals surface area contributed by atoms with Gasteiger partial charge in [-0.2, -0.15) is 0 Å². The summed E-state index contributed by atoms with van der Waals surface area (Å²) in [4.78, 5) is 0. The molecule has 0 bridgehead atoms. The molecule has 0 aliphatic carbocycles. The van der Waals surface area contributed by atoms with Gasteiger partial charge in [0.2, 0.25) is 0 Å². The van der Waals surface area contributed by atoms with Crippen molar-refractivity contribution in [3.63, 3.8) is 0 Å². The average molecular weight is 741 g/mol. The highest BCUT2D eigenvalue weighted by molar-refractivity contribution is 6.25. The second kappa shape index (κ2) is 14.5. The standard InChI is InChI=1S/C58H44/c1-37-29-47-35-55-56(36-48(47)30-38(37)2)58(50-28-26-46(42-19-11-6-12-20-42)34-52(50)44-23-15-8-16-24-44)54-32-40(4)39(3)31-53(54)57(55)49-27-25-45(41-17-9-5-10-18-41)33-51(49)43-21-13-7-14-22-43/h5-36H,1-4H3. The minimum atomic E-state index is 1.21. The van der Waals surface area contributed by atoms with Crippen LogP contribution in [0.1, 0.15) is 22.3 Å². The van der Waals surface area contributed by atoms with Crippen LogP contribution in [0.2, 0.25) is 0 Å². The van der Waals surface area contributed by atoms with E-state index in [2.05, 4.69) is 222 Å². The quantitative estimate of drug-likeness (QED) is 0.149. The third-order valence-corrected chi connectivity index (χ3v) is 12.3. The van der Waals surface area contributed by atoms with Gasteiger partial charge in [0.05, 0.1) is 0 Å². The molecular weight excluding hydrogens is 697 g/mol. The molecule has 0 aromatic heterocycles. The number of fused-ring (bicyclic) bond motifs is 3. The van der Waals surface area contributed by atoms with Gasteiger partial charge in [0, 0.05) is 0 Å². The lowest BCUT2D eigenvalue weighted by atomic mass is 9.80. The van der Waals surface area contributed by atoms with Gasteiger partial charge in [-0.1, -0.05) is 170 Å².